The molecule has 138 valence electrons. The Bertz CT molecular complexity index is 745. The monoisotopic (exact) mass is 428 g/mol. The Hall–Kier alpha value is -0.920. The van der Waals surface area contributed by atoms with Crippen LogP contribution in [-0.4, -0.2) is 37.8 Å². The first kappa shape index (κ1) is 18.9. The van der Waals surface area contributed by atoms with E-state index in [4.69, 9.17) is 0 Å². The van der Waals surface area contributed by atoms with Crippen LogP contribution in [0.2, 0.25) is 0 Å². The first-order valence-electron chi connectivity index (χ1n) is 9.00. The van der Waals surface area contributed by atoms with Crippen LogP contribution in [0.25, 0.3) is 0 Å². The molecule has 25 heavy (non-hydrogen) atoms. The van der Waals surface area contributed by atoms with Crippen LogP contribution in [0.15, 0.2) is 27.6 Å². The van der Waals surface area contributed by atoms with Crippen molar-refractivity contribution < 1.29 is 13.2 Å². The Morgan fingerprint density at radius 3 is 2.52 bits per heavy atom. The smallest absolute Gasteiger partial charge is 0.252 e. The second-order valence-corrected chi connectivity index (χ2v) is 9.89. The van der Waals surface area contributed by atoms with Crippen molar-refractivity contribution in [3.05, 3.63) is 28.2 Å². The highest BCUT2D eigenvalue weighted by Gasteiger charge is 2.29. The van der Waals surface area contributed by atoms with Gasteiger partial charge in [-0.25, -0.2) is 8.42 Å². The van der Waals surface area contributed by atoms with Gasteiger partial charge in [0.05, 0.1) is 10.5 Å². The summed E-state index contributed by atoms with van der Waals surface area (Å²) in [5.41, 5.74) is 0.387. The van der Waals surface area contributed by atoms with E-state index >= 15 is 0 Å². The molecule has 0 aromatic heterocycles. The summed E-state index contributed by atoms with van der Waals surface area (Å²) in [6.45, 7) is 3.27. The number of carbonyl (C=O) groups excluding carboxylic acids is 1. The van der Waals surface area contributed by atoms with Crippen LogP contribution in [0.4, 0.5) is 0 Å². The van der Waals surface area contributed by atoms with E-state index in [1.165, 1.54) is 16.8 Å². The Morgan fingerprint density at radius 1 is 1.16 bits per heavy atom. The molecule has 7 heteroatoms. The van der Waals surface area contributed by atoms with Gasteiger partial charge in [-0.2, -0.15) is 4.31 Å². The van der Waals surface area contributed by atoms with Gasteiger partial charge in [0.15, 0.2) is 0 Å². The van der Waals surface area contributed by atoms with Crippen molar-refractivity contribution in [1.29, 1.82) is 0 Å². The van der Waals surface area contributed by atoms with Gasteiger partial charge in [-0.15, -0.1) is 0 Å². The maximum absolute atomic E-state index is 12.7. The van der Waals surface area contributed by atoms with Gasteiger partial charge >= 0.3 is 0 Å². The molecule has 1 amide bonds. The summed E-state index contributed by atoms with van der Waals surface area (Å²) in [5, 5.41) is 3.10. The average molecular weight is 429 g/mol. The minimum Gasteiger partial charge on any atom is -0.349 e. The molecule has 0 bridgehead atoms. The number of amides is 1. The van der Waals surface area contributed by atoms with Crippen molar-refractivity contribution >= 4 is 31.9 Å². The van der Waals surface area contributed by atoms with Gasteiger partial charge in [0.25, 0.3) is 5.91 Å². The highest BCUT2D eigenvalue weighted by atomic mass is 79.9. The van der Waals surface area contributed by atoms with E-state index < -0.39 is 10.0 Å². The van der Waals surface area contributed by atoms with Gasteiger partial charge in [-0.3, -0.25) is 4.79 Å². The van der Waals surface area contributed by atoms with E-state index in [1.54, 1.807) is 12.1 Å². The van der Waals surface area contributed by atoms with E-state index in [0.717, 1.165) is 32.1 Å². The molecule has 1 aromatic carbocycles. The first-order chi connectivity index (χ1) is 11.9. The van der Waals surface area contributed by atoms with Crippen molar-refractivity contribution in [2.24, 2.45) is 5.92 Å². The van der Waals surface area contributed by atoms with Crippen LogP contribution in [0.5, 0.6) is 0 Å². The SMILES string of the molecule is C[C@@H]1CCCC[C@@H]1NC(=O)c1cc(S(=O)(=O)N2CCCC2)ccc1Br. The molecule has 0 radical (unpaired) electrons. The molecule has 2 atom stereocenters. The maximum atomic E-state index is 12.7. The van der Waals surface area contributed by atoms with Crippen LogP contribution in [0.1, 0.15) is 55.8 Å². The molecule has 0 unspecified atom stereocenters. The topological polar surface area (TPSA) is 66.5 Å². The van der Waals surface area contributed by atoms with Crippen molar-refractivity contribution in [1.82, 2.24) is 9.62 Å². The third-order valence-electron chi connectivity index (χ3n) is 5.31. The Balaban J connectivity index is 1.82. The zero-order valence-corrected chi connectivity index (χ0v) is 16.9. The molecular formula is C18H25BrN2O3S. The predicted octanol–water partition coefficient (Wildman–Crippen LogP) is 3.54. The molecule has 1 aromatic rings. The van der Waals surface area contributed by atoms with E-state index in [0.29, 0.717) is 29.0 Å². The van der Waals surface area contributed by atoms with E-state index in [2.05, 4.69) is 28.2 Å². The zero-order valence-electron chi connectivity index (χ0n) is 14.5. The lowest BCUT2D eigenvalue weighted by Crippen LogP contribution is -2.41. The van der Waals surface area contributed by atoms with Crippen molar-refractivity contribution in [2.75, 3.05) is 13.1 Å². The summed E-state index contributed by atoms with van der Waals surface area (Å²) in [5.74, 6) is 0.247. The standard InChI is InChI=1S/C18H25BrN2O3S/c1-13-6-2-3-7-17(13)20-18(22)15-12-14(8-9-16(15)19)25(23,24)21-10-4-5-11-21/h8-9,12-13,17H,2-7,10-11H2,1H3,(H,20,22)/t13-,17+/m1/s1. The lowest BCUT2D eigenvalue weighted by Gasteiger charge is -2.29. The largest absolute Gasteiger partial charge is 0.349 e. The fourth-order valence-corrected chi connectivity index (χ4v) is 5.66. The number of hydrogen-bond acceptors (Lipinski definition) is 3. The molecule has 1 saturated heterocycles. The lowest BCUT2D eigenvalue weighted by molar-refractivity contribution is 0.0909. The summed E-state index contributed by atoms with van der Waals surface area (Å²) in [6, 6.07) is 4.88. The third kappa shape index (κ3) is 4.09. The number of hydrogen-bond donors (Lipinski definition) is 1. The number of carbonyl (C=O) groups is 1. The molecule has 1 saturated carbocycles. The molecular weight excluding hydrogens is 404 g/mol. The molecule has 1 heterocycles. The molecule has 2 fully saturated rings. The number of halogens is 1. The normalized spacial score (nSPS) is 25.0. The van der Waals surface area contributed by atoms with Crippen LogP contribution >= 0.6 is 15.9 Å². The molecule has 1 aliphatic heterocycles. The molecule has 1 aliphatic carbocycles. The average Bonchev–Trinajstić information content (AvgIpc) is 3.12. The second-order valence-electron chi connectivity index (χ2n) is 7.09. The molecule has 0 spiro atoms. The summed E-state index contributed by atoms with van der Waals surface area (Å²) >= 11 is 3.39. The predicted molar refractivity (Wildman–Crippen MR) is 101 cm³/mol. The summed E-state index contributed by atoms with van der Waals surface area (Å²) in [4.78, 5) is 12.9. The van der Waals surface area contributed by atoms with Gasteiger partial charge < -0.3 is 5.32 Å². The third-order valence-corrected chi connectivity index (χ3v) is 7.90. The molecule has 2 aliphatic rings. The Labute approximate surface area is 158 Å². The summed E-state index contributed by atoms with van der Waals surface area (Å²) < 4.78 is 27.6. The van der Waals surface area contributed by atoms with Crippen LogP contribution in [-0.2, 0) is 10.0 Å². The van der Waals surface area contributed by atoms with Gasteiger partial charge in [-0.1, -0.05) is 19.8 Å². The molecule has 5 nitrogen and oxygen atoms in total. The number of rotatable bonds is 4. The van der Waals surface area contributed by atoms with Gasteiger partial charge in [0.1, 0.15) is 0 Å². The van der Waals surface area contributed by atoms with Gasteiger partial charge in [0, 0.05) is 23.6 Å². The number of benzene rings is 1. The first-order valence-corrected chi connectivity index (χ1v) is 11.2. The van der Waals surface area contributed by atoms with Crippen molar-refractivity contribution in [2.45, 2.75) is 56.4 Å². The number of sulfonamides is 1. The van der Waals surface area contributed by atoms with E-state index in [9.17, 15) is 13.2 Å². The highest BCUT2D eigenvalue weighted by Crippen LogP contribution is 2.27. The van der Waals surface area contributed by atoms with Crippen molar-refractivity contribution in [3.8, 4) is 0 Å². The minimum absolute atomic E-state index is 0.159. The lowest BCUT2D eigenvalue weighted by atomic mass is 9.86. The summed E-state index contributed by atoms with van der Waals surface area (Å²) in [6.07, 6.45) is 6.22. The quantitative estimate of drug-likeness (QED) is 0.796. The van der Waals surface area contributed by atoms with Gasteiger partial charge in [-0.05, 0) is 65.7 Å². The fraction of sp³-hybridized carbons (Fsp3) is 0.611. The van der Waals surface area contributed by atoms with E-state index in [-0.39, 0.29) is 16.8 Å². The number of nitrogens with one attached hydrogen (secondary N) is 1. The highest BCUT2D eigenvalue weighted by molar-refractivity contribution is 9.10. The number of nitrogens with zero attached hydrogens (tertiary/aromatic N) is 1. The van der Waals surface area contributed by atoms with Crippen LogP contribution in [0.3, 0.4) is 0 Å². The van der Waals surface area contributed by atoms with Crippen LogP contribution < -0.4 is 5.32 Å². The van der Waals surface area contributed by atoms with Gasteiger partial charge in [0.2, 0.25) is 10.0 Å². The second kappa shape index (κ2) is 7.76. The zero-order chi connectivity index (χ0) is 18.0. The molecule has 1 N–H and O–H groups in total. The molecule has 3 rings (SSSR count). The summed E-state index contributed by atoms with van der Waals surface area (Å²) in [7, 11) is -3.52. The Morgan fingerprint density at radius 2 is 1.84 bits per heavy atom. The van der Waals surface area contributed by atoms with E-state index in [1.807, 2.05) is 0 Å². The van der Waals surface area contributed by atoms with Crippen LogP contribution in [0, 0.1) is 5.92 Å². The fourth-order valence-electron chi connectivity index (χ4n) is 3.69. The maximum Gasteiger partial charge on any atom is 0.252 e. The van der Waals surface area contributed by atoms with Crippen molar-refractivity contribution in [3.63, 3.8) is 0 Å². The minimum atomic E-state index is -3.52. The Kier molecular flexibility index (Phi) is 5.85.